The highest BCUT2D eigenvalue weighted by atomic mass is 35.5. The molecule has 1 fully saturated rings. The van der Waals surface area contributed by atoms with Crippen LogP contribution >= 0.6 is 11.6 Å². The maximum absolute atomic E-state index is 12.4. The first kappa shape index (κ1) is 17.3. The van der Waals surface area contributed by atoms with E-state index in [2.05, 4.69) is 5.32 Å². The van der Waals surface area contributed by atoms with E-state index in [4.69, 9.17) is 16.0 Å². The summed E-state index contributed by atoms with van der Waals surface area (Å²) in [6, 6.07) is 12.8. The Hall–Kier alpha value is -3.12. The van der Waals surface area contributed by atoms with Crippen LogP contribution in [0.1, 0.15) is 23.4 Å². The number of halogens is 1. The molecule has 3 aromatic rings. The number of anilines is 2. The molecule has 0 saturated carbocycles. The number of amides is 2. The molecule has 0 radical (unpaired) electrons. The SMILES string of the molecule is O=C(Nc1ccc(N2CCCC2=O)cc1)c1cc(=O)c2cc(Cl)ccc2o1. The molecule has 4 rings (SSSR count). The van der Waals surface area contributed by atoms with E-state index in [-0.39, 0.29) is 17.1 Å². The van der Waals surface area contributed by atoms with Crippen molar-refractivity contribution in [1.82, 2.24) is 0 Å². The summed E-state index contributed by atoms with van der Waals surface area (Å²) in [5.74, 6) is -0.521. The van der Waals surface area contributed by atoms with Gasteiger partial charge in [-0.2, -0.15) is 0 Å². The van der Waals surface area contributed by atoms with Crippen LogP contribution in [0.4, 0.5) is 11.4 Å². The van der Waals surface area contributed by atoms with Gasteiger partial charge in [0, 0.05) is 35.4 Å². The molecule has 0 atom stereocenters. The van der Waals surface area contributed by atoms with E-state index in [0.717, 1.165) is 18.2 Å². The van der Waals surface area contributed by atoms with Crippen LogP contribution in [-0.2, 0) is 4.79 Å². The summed E-state index contributed by atoms with van der Waals surface area (Å²) >= 11 is 5.88. The summed E-state index contributed by atoms with van der Waals surface area (Å²) < 4.78 is 5.53. The number of carbonyl (C=O) groups is 2. The molecule has 1 aliphatic heterocycles. The second kappa shape index (κ2) is 6.89. The third-order valence-corrected chi connectivity index (χ3v) is 4.66. The number of hydrogen-bond acceptors (Lipinski definition) is 4. The van der Waals surface area contributed by atoms with Crippen molar-refractivity contribution in [3.05, 3.63) is 69.5 Å². The van der Waals surface area contributed by atoms with Crippen LogP contribution in [0.2, 0.25) is 5.02 Å². The van der Waals surface area contributed by atoms with Gasteiger partial charge in [-0.3, -0.25) is 14.4 Å². The molecular weight excluding hydrogens is 368 g/mol. The number of carbonyl (C=O) groups excluding carboxylic acids is 2. The zero-order valence-electron chi connectivity index (χ0n) is 14.2. The molecule has 2 amide bonds. The molecule has 7 heteroatoms. The molecule has 0 unspecified atom stereocenters. The van der Waals surface area contributed by atoms with Crippen LogP contribution in [0.3, 0.4) is 0 Å². The van der Waals surface area contributed by atoms with E-state index in [1.807, 2.05) is 0 Å². The summed E-state index contributed by atoms with van der Waals surface area (Å²) in [7, 11) is 0. The molecule has 0 aliphatic carbocycles. The van der Waals surface area contributed by atoms with E-state index >= 15 is 0 Å². The minimum absolute atomic E-state index is 0.0892. The van der Waals surface area contributed by atoms with Crippen molar-refractivity contribution in [2.75, 3.05) is 16.8 Å². The summed E-state index contributed by atoms with van der Waals surface area (Å²) in [5, 5.41) is 3.43. The van der Waals surface area contributed by atoms with Gasteiger partial charge in [0.05, 0.1) is 5.39 Å². The Morgan fingerprint density at radius 1 is 1.07 bits per heavy atom. The van der Waals surface area contributed by atoms with Gasteiger partial charge < -0.3 is 14.6 Å². The third-order valence-electron chi connectivity index (χ3n) is 4.42. The van der Waals surface area contributed by atoms with E-state index in [1.165, 1.54) is 6.07 Å². The van der Waals surface area contributed by atoms with Crippen molar-refractivity contribution in [2.45, 2.75) is 12.8 Å². The smallest absolute Gasteiger partial charge is 0.291 e. The lowest BCUT2D eigenvalue weighted by atomic mass is 10.2. The summed E-state index contributed by atoms with van der Waals surface area (Å²) in [5.41, 5.74) is 1.28. The van der Waals surface area contributed by atoms with Crippen molar-refractivity contribution in [1.29, 1.82) is 0 Å². The lowest BCUT2D eigenvalue weighted by Gasteiger charge is -2.16. The van der Waals surface area contributed by atoms with E-state index in [9.17, 15) is 14.4 Å². The number of fused-ring (bicyclic) bond motifs is 1. The number of nitrogens with zero attached hydrogens (tertiary/aromatic N) is 1. The summed E-state index contributed by atoms with van der Waals surface area (Å²) in [4.78, 5) is 38.1. The van der Waals surface area contributed by atoms with Crippen molar-refractivity contribution in [2.24, 2.45) is 0 Å². The maximum atomic E-state index is 12.4. The molecule has 6 nitrogen and oxygen atoms in total. The van der Waals surface area contributed by atoms with E-state index in [0.29, 0.717) is 34.6 Å². The summed E-state index contributed by atoms with van der Waals surface area (Å²) in [6.45, 7) is 0.705. The molecule has 1 saturated heterocycles. The molecule has 1 N–H and O–H groups in total. The second-order valence-electron chi connectivity index (χ2n) is 6.27. The van der Waals surface area contributed by atoms with E-state index < -0.39 is 5.91 Å². The van der Waals surface area contributed by atoms with Crippen molar-refractivity contribution < 1.29 is 14.0 Å². The van der Waals surface area contributed by atoms with Crippen molar-refractivity contribution in [3.63, 3.8) is 0 Å². The van der Waals surface area contributed by atoms with Gasteiger partial charge in [-0.25, -0.2) is 0 Å². The van der Waals surface area contributed by atoms with Crippen molar-refractivity contribution >= 4 is 45.8 Å². The van der Waals surface area contributed by atoms with Gasteiger partial charge in [0.2, 0.25) is 5.91 Å². The fourth-order valence-corrected chi connectivity index (χ4v) is 3.25. The first-order chi connectivity index (χ1) is 13.0. The Morgan fingerprint density at radius 3 is 2.56 bits per heavy atom. The lowest BCUT2D eigenvalue weighted by molar-refractivity contribution is -0.117. The first-order valence-corrected chi connectivity index (χ1v) is 8.84. The zero-order valence-corrected chi connectivity index (χ0v) is 15.0. The van der Waals surface area contributed by atoms with Gasteiger partial charge in [0.25, 0.3) is 5.91 Å². The number of benzene rings is 2. The molecule has 0 spiro atoms. The first-order valence-electron chi connectivity index (χ1n) is 8.46. The van der Waals surface area contributed by atoms with Crippen LogP contribution in [0.5, 0.6) is 0 Å². The predicted molar refractivity (Wildman–Crippen MR) is 103 cm³/mol. The Bertz CT molecular complexity index is 1110. The van der Waals surface area contributed by atoms with E-state index in [1.54, 1.807) is 41.3 Å². The van der Waals surface area contributed by atoms with Crippen LogP contribution in [0.15, 0.2) is 57.7 Å². The van der Waals surface area contributed by atoms with Gasteiger partial charge in [-0.15, -0.1) is 0 Å². The molecular formula is C20H15ClN2O4. The molecule has 1 aromatic heterocycles. The Morgan fingerprint density at radius 2 is 1.85 bits per heavy atom. The molecule has 2 aromatic carbocycles. The average Bonchev–Trinajstić information content (AvgIpc) is 3.09. The minimum Gasteiger partial charge on any atom is -0.451 e. The van der Waals surface area contributed by atoms with Gasteiger partial charge in [-0.05, 0) is 48.9 Å². The normalized spacial score (nSPS) is 14.0. The molecule has 2 heterocycles. The largest absolute Gasteiger partial charge is 0.451 e. The van der Waals surface area contributed by atoms with Gasteiger partial charge >= 0.3 is 0 Å². The average molecular weight is 383 g/mol. The Kier molecular flexibility index (Phi) is 4.41. The van der Waals surface area contributed by atoms with Crippen LogP contribution in [0, 0.1) is 0 Å². The lowest BCUT2D eigenvalue weighted by Crippen LogP contribution is -2.23. The minimum atomic E-state index is -0.533. The van der Waals surface area contributed by atoms with Crippen LogP contribution in [-0.4, -0.2) is 18.4 Å². The predicted octanol–water partition coefficient (Wildman–Crippen LogP) is 3.83. The molecule has 1 aliphatic rings. The number of rotatable bonds is 3. The monoisotopic (exact) mass is 382 g/mol. The summed E-state index contributed by atoms with van der Waals surface area (Å²) in [6.07, 6.45) is 1.41. The number of hydrogen-bond donors (Lipinski definition) is 1. The van der Waals surface area contributed by atoms with Crippen molar-refractivity contribution in [3.8, 4) is 0 Å². The topological polar surface area (TPSA) is 79.6 Å². The van der Waals surface area contributed by atoms with Gasteiger partial charge in [0.15, 0.2) is 11.2 Å². The Balaban J connectivity index is 1.55. The van der Waals surface area contributed by atoms with Crippen LogP contribution < -0.4 is 15.6 Å². The second-order valence-corrected chi connectivity index (χ2v) is 6.70. The maximum Gasteiger partial charge on any atom is 0.291 e. The quantitative estimate of drug-likeness (QED) is 0.746. The highest BCUT2D eigenvalue weighted by Gasteiger charge is 2.21. The molecule has 136 valence electrons. The number of nitrogens with one attached hydrogen (secondary N) is 1. The standard InChI is InChI=1S/C20H15ClN2O4/c21-12-3-8-17-15(10-12)16(24)11-18(27-17)20(26)22-13-4-6-14(7-5-13)23-9-1-2-19(23)25/h3-8,10-11H,1-2,9H2,(H,22,26). The Labute approximate surface area is 159 Å². The third kappa shape index (κ3) is 3.44. The zero-order chi connectivity index (χ0) is 19.0. The fraction of sp³-hybridized carbons (Fsp3) is 0.150. The highest BCUT2D eigenvalue weighted by Crippen LogP contribution is 2.23. The molecule has 0 bridgehead atoms. The van der Waals surface area contributed by atoms with Crippen LogP contribution in [0.25, 0.3) is 11.0 Å². The van der Waals surface area contributed by atoms with Gasteiger partial charge in [-0.1, -0.05) is 11.6 Å². The molecule has 27 heavy (non-hydrogen) atoms. The van der Waals surface area contributed by atoms with Gasteiger partial charge in [0.1, 0.15) is 5.58 Å². The fourth-order valence-electron chi connectivity index (χ4n) is 3.08. The highest BCUT2D eigenvalue weighted by molar-refractivity contribution is 6.31.